The molecule has 1 aromatic rings. The molecular weight excluding hydrogens is 814 g/mol. The van der Waals surface area contributed by atoms with Crippen LogP contribution < -0.4 is 4.74 Å². The van der Waals surface area contributed by atoms with Gasteiger partial charge < -0.3 is 18.8 Å². The second-order valence-corrected chi connectivity index (χ2v) is 18.5. The number of halogens is 2. The summed E-state index contributed by atoms with van der Waals surface area (Å²) in [5.74, 6) is 1.07. The van der Waals surface area contributed by atoms with Crippen molar-refractivity contribution in [3.63, 3.8) is 0 Å². The molecule has 1 aromatic carbocycles. The fourth-order valence-electron chi connectivity index (χ4n) is 10.6. The van der Waals surface area contributed by atoms with E-state index in [9.17, 15) is 27.4 Å². The zero-order valence-electron chi connectivity index (χ0n) is 24.4. The lowest BCUT2D eigenvalue weighted by atomic mass is 9.49. The molecule has 9 rings (SSSR count). The molecule has 0 spiro atoms. The van der Waals surface area contributed by atoms with E-state index in [0.717, 1.165) is 38.5 Å². The predicted molar refractivity (Wildman–Crippen MR) is 172 cm³/mol. The maximum Gasteiger partial charge on any atom is 0.321 e. The molecular formula is C32H37I2O9S-. The maximum absolute atomic E-state index is 13.6. The van der Waals surface area contributed by atoms with Gasteiger partial charge in [-0.15, -0.1) is 0 Å². The van der Waals surface area contributed by atoms with Crippen LogP contribution in [-0.4, -0.2) is 44.1 Å². The van der Waals surface area contributed by atoms with Crippen LogP contribution in [0.25, 0.3) is 0 Å². The second kappa shape index (κ2) is 11.6. The van der Waals surface area contributed by atoms with Crippen LogP contribution in [0.15, 0.2) is 17.0 Å². The lowest BCUT2D eigenvalue weighted by molar-refractivity contribution is -0.179. The minimum Gasteiger partial charge on any atom is -0.744 e. The van der Waals surface area contributed by atoms with E-state index in [1.54, 1.807) is 45.2 Å². The lowest BCUT2D eigenvalue weighted by Gasteiger charge is -2.55. The number of hydrogen-bond donors (Lipinski definition) is 0. The molecule has 44 heavy (non-hydrogen) atoms. The molecule has 0 N–H and O–H groups in total. The summed E-state index contributed by atoms with van der Waals surface area (Å²) in [5, 5.41) is 0. The molecule has 0 aromatic heterocycles. The first-order valence-corrected chi connectivity index (χ1v) is 19.4. The maximum atomic E-state index is 13.6. The average Bonchev–Trinajstić information content (AvgIpc) is 2.90. The van der Waals surface area contributed by atoms with E-state index in [1.807, 2.05) is 0 Å². The van der Waals surface area contributed by atoms with Gasteiger partial charge >= 0.3 is 17.9 Å². The van der Waals surface area contributed by atoms with Crippen molar-refractivity contribution >= 4 is 73.2 Å². The molecule has 0 radical (unpaired) electrons. The molecule has 8 saturated carbocycles. The Bertz CT molecular complexity index is 1330. The molecule has 8 bridgehead atoms. The monoisotopic (exact) mass is 851 g/mol. The molecule has 8 fully saturated rings. The highest BCUT2D eigenvalue weighted by atomic mass is 127. The van der Waals surface area contributed by atoms with E-state index in [4.69, 9.17) is 14.2 Å². The molecule has 8 aliphatic rings. The van der Waals surface area contributed by atoms with E-state index < -0.39 is 32.8 Å². The van der Waals surface area contributed by atoms with Crippen LogP contribution in [0.2, 0.25) is 0 Å². The number of carbonyl (C=O) groups is 3. The number of esters is 3. The van der Waals surface area contributed by atoms with Crippen LogP contribution in [0, 0.1) is 59.4 Å². The highest BCUT2D eigenvalue weighted by molar-refractivity contribution is 14.1. The van der Waals surface area contributed by atoms with E-state index in [0.29, 0.717) is 35.5 Å². The van der Waals surface area contributed by atoms with Gasteiger partial charge in [-0.25, -0.2) is 8.42 Å². The van der Waals surface area contributed by atoms with Crippen molar-refractivity contribution in [1.82, 2.24) is 0 Å². The van der Waals surface area contributed by atoms with Crippen LogP contribution >= 0.6 is 45.2 Å². The third-order valence-corrected chi connectivity index (χ3v) is 14.9. The summed E-state index contributed by atoms with van der Waals surface area (Å²) in [6.07, 6.45) is 12.1. The first kappa shape index (κ1) is 31.6. The predicted octanol–water partition coefficient (Wildman–Crippen LogP) is 5.84. The van der Waals surface area contributed by atoms with Gasteiger partial charge in [0.05, 0.1) is 15.7 Å². The van der Waals surface area contributed by atoms with Gasteiger partial charge in [0, 0.05) is 7.14 Å². The van der Waals surface area contributed by atoms with Gasteiger partial charge in [-0.2, -0.15) is 0 Å². The summed E-state index contributed by atoms with van der Waals surface area (Å²) in [7, 11) is -4.72. The first-order valence-electron chi connectivity index (χ1n) is 15.8. The van der Waals surface area contributed by atoms with Crippen LogP contribution in [0.5, 0.6) is 5.75 Å². The molecule has 0 aliphatic heterocycles. The molecule has 0 amide bonds. The van der Waals surface area contributed by atoms with Crippen LogP contribution in [0.1, 0.15) is 77.0 Å². The summed E-state index contributed by atoms with van der Waals surface area (Å²) in [4.78, 5) is 40.4. The van der Waals surface area contributed by atoms with Gasteiger partial charge in [0.15, 0.2) is 0 Å². The van der Waals surface area contributed by atoms with Crippen LogP contribution in [0.3, 0.4) is 0 Å². The average molecular weight is 852 g/mol. The lowest BCUT2D eigenvalue weighted by Crippen LogP contribution is -2.51. The van der Waals surface area contributed by atoms with Gasteiger partial charge in [-0.05, 0) is 170 Å². The molecule has 240 valence electrons. The van der Waals surface area contributed by atoms with Crippen LogP contribution in [-0.2, 0) is 34.0 Å². The normalized spacial score (nSPS) is 37.1. The fourth-order valence-corrected chi connectivity index (χ4v) is 14.5. The SMILES string of the molecule is O=C(Oc1cc(I)c(S(=O)(=O)[O-])c(I)c1)C(COC(=O)C12CC3CC(CC(C3)C1)C2)COC(=O)C12CC3CC(CC(C3)C1)C2. The summed E-state index contributed by atoms with van der Waals surface area (Å²) in [6, 6.07) is 2.62. The smallest absolute Gasteiger partial charge is 0.321 e. The number of hydrogen-bond acceptors (Lipinski definition) is 9. The van der Waals surface area contributed by atoms with E-state index >= 15 is 0 Å². The summed E-state index contributed by atoms with van der Waals surface area (Å²) in [5.41, 5.74) is -0.990. The standard InChI is InChI=1S/C32H38I2O9S/c33-25-7-24(8-26(34)27(25)44(38,39)40)43-28(35)23(15-41-29(36)31-9-17-1-18(10-31)3-19(2-17)11-31)16-42-30(37)32-12-20-4-21(13-32)6-22(5-20)14-32/h7-8,17-23H,1-6,9-16H2,(H,38,39,40)/p-1. The molecule has 0 heterocycles. The van der Waals surface area contributed by atoms with Gasteiger partial charge in [0.25, 0.3) is 0 Å². The van der Waals surface area contributed by atoms with E-state index in [-0.39, 0.29) is 42.9 Å². The van der Waals surface area contributed by atoms with Crippen molar-refractivity contribution in [2.75, 3.05) is 13.2 Å². The molecule has 12 heteroatoms. The third kappa shape index (κ3) is 5.95. The minimum absolute atomic E-state index is 0.0565. The van der Waals surface area contributed by atoms with Gasteiger partial charge in [-0.1, -0.05) is 0 Å². The fraction of sp³-hybridized carbons (Fsp3) is 0.719. The van der Waals surface area contributed by atoms with Crippen molar-refractivity contribution in [2.45, 2.75) is 81.9 Å². The van der Waals surface area contributed by atoms with Gasteiger partial charge in [-0.3, -0.25) is 14.4 Å². The summed E-state index contributed by atoms with van der Waals surface area (Å²) >= 11 is 3.45. The van der Waals surface area contributed by atoms with E-state index in [1.165, 1.54) is 50.7 Å². The molecule has 0 unspecified atom stereocenters. The van der Waals surface area contributed by atoms with Crippen molar-refractivity contribution in [2.24, 2.45) is 52.3 Å². The zero-order chi connectivity index (χ0) is 31.0. The Morgan fingerprint density at radius 1 is 0.727 bits per heavy atom. The van der Waals surface area contributed by atoms with Crippen LogP contribution in [0.4, 0.5) is 0 Å². The summed E-state index contributed by atoms with van der Waals surface area (Å²) < 4.78 is 52.8. The number of benzene rings is 1. The topological polar surface area (TPSA) is 136 Å². The van der Waals surface area contributed by atoms with Gasteiger partial charge in [0.1, 0.15) is 35.0 Å². The Hall–Kier alpha value is -1.00. The Labute approximate surface area is 285 Å². The first-order chi connectivity index (χ1) is 20.8. The highest BCUT2D eigenvalue weighted by Crippen LogP contribution is 2.61. The molecule has 0 atom stereocenters. The highest BCUT2D eigenvalue weighted by Gasteiger charge is 2.57. The van der Waals surface area contributed by atoms with Crippen molar-refractivity contribution < 1.29 is 41.6 Å². The van der Waals surface area contributed by atoms with E-state index in [2.05, 4.69) is 0 Å². The van der Waals surface area contributed by atoms with Crippen molar-refractivity contribution in [1.29, 1.82) is 0 Å². The number of rotatable bonds is 9. The minimum atomic E-state index is -4.72. The molecule has 9 nitrogen and oxygen atoms in total. The summed E-state index contributed by atoms with van der Waals surface area (Å²) in [6.45, 7) is -0.538. The molecule has 8 aliphatic carbocycles. The van der Waals surface area contributed by atoms with Gasteiger partial charge in [0.2, 0.25) is 0 Å². The third-order valence-electron chi connectivity index (χ3n) is 11.5. The van der Waals surface area contributed by atoms with Crippen molar-refractivity contribution in [3.8, 4) is 5.75 Å². The molecule has 0 saturated heterocycles. The Kier molecular flexibility index (Phi) is 8.33. The Morgan fingerprint density at radius 3 is 1.39 bits per heavy atom. The second-order valence-electron chi connectivity index (χ2n) is 14.9. The number of carbonyl (C=O) groups excluding carboxylic acids is 3. The largest absolute Gasteiger partial charge is 0.744 e. The Balaban J connectivity index is 1.07. The zero-order valence-corrected chi connectivity index (χ0v) is 29.6. The number of ether oxygens (including phenoxy) is 3. The quantitative estimate of drug-likeness (QED) is 0.130. The van der Waals surface area contributed by atoms with Crippen molar-refractivity contribution in [3.05, 3.63) is 19.3 Å². The Morgan fingerprint density at radius 2 is 1.07 bits per heavy atom.